The molecular weight excluding hydrogens is 270 g/mol. The van der Waals surface area contributed by atoms with Crippen LogP contribution in [-0.4, -0.2) is 12.5 Å². The summed E-state index contributed by atoms with van der Waals surface area (Å²) >= 11 is 0. The summed E-state index contributed by atoms with van der Waals surface area (Å²) in [6, 6.07) is 23.8. The van der Waals surface area contributed by atoms with Gasteiger partial charge in [-0.3, -0.25) is 4.79 Å². The lowest BCUT2D eigenvalue weighted by molar-refractivity contribution is 0.0958. The first-order valence-electron chi connectivity index (χ1n) is 7.31. The van der Waals surface area contributed by atoms with Gasteiger partial charge in [0.15, 0.2) is 0 Å². The smallest absolute Gasteiger partial charge is 0.251 e. The van der Waals surface area contributed by atoms with E-state index < -0.39 is 0 Å². The fraction of sp³-hybridized carbons (Fsp3) is 0.0500. The van der Waals surface area contributed by atoms with E-state index in [0.29, 0.717) is 12.1 Å². The maximum atomic E-state index is 12.2. The van der Waals surface area contributed by atoms with Gasteiger partial charge in [-0.05, 0) is 28.5 Å². The Morgan fingerprint density at radius 2 is 1.59 bits per heavy atom. The Hall–Kier alpha value is -2.87. The highest BCUT2D eigenvalue weighted by Crippen LogP contribution is 2.15. The Morgan fingerprint density at radius 3 is 2.41 bits per heavy atom. The molecular formula is C20H17NO. The van der Waals surface area contributed by atoms with Gasteiger partial charge in [-0.15, -0.1) is 0 Å². The second kappa shape index (κ2) is 6.72. The van der Waals surface area contributed by atoms with Crippen LogP contribution >= 0.6 is 0 Å². The van der Waals surface area contributed by atoms with Gasteiger partial charge in [-0.2, -0.15) is 0 Å². The van der Waals surface area contributed by atoms with Crippen molar-refractivity contribution in [3.05, 3.63) is 90.0 Å². The van der Waals surface area contributed by atoms with E-state index >= 15 is 0 Å². The predicted molar refractivity (Wildman–Crippen MR) is 91.8 cm³/mol. The van der Waals surface area contributed by atoms with Crippen LogP contribution in [0.3, 0.4) is 0 Å². The standard InChI is InChI=1S/C20H17NO/c22-20(21-14-6-9-16-7-2-1-3-8-16)19-13-12-17-10-4-5-11-18(17)15-19/h1-13,15H,14H2,(H,21,22). The monoisotopic (exact) mass is 287 g/mol. The number of rotatable bonds is 4. The van der Waals surface area contributed by atoms with Crippen molar-refractivity contribution in [2.75, 3.05) is 6.54 Å². The topological polar surface area (TPSA) is 29.1 Å². The maximum absolute atomic E-state index is 12.2. The minimum absolute atomic E-state index is 0.0523. The summed E-state index contributed by atoms with van der Waals surface area (Å²) in [7, 11) is 0. The van der Waals surface area contributed by atoms with Crippen LogP contribution in [0, 0.1) is 0 Å². The third-order valence-corrected chi connectivity index (χ3v) is 3.50. The Labute approximate surface area is 130 Å². The first-order valence-corrected chi connectivity index (χ1v) is 7.31. The van der Waals surface area contributed by atoms with Gasteiger partial charge in [-0.25, -0.2) is 0 Å². The lowest BCUT2D eigenvalue weighted by Crippen LogP contribution is -2.23. The Morgan fingerprint density at radius 1 is 0.864 bits per heavy atom. The lowest BCUT2D eigenvalue weighted by atomic mass is 10.1. The van der Waals surface area contributed by atoms with Crippen molar-refractivity contribution in [2.24, 2.45) is 0 Å². The number of nitrogens with one attached hydrogen (secondary N) is 1. The molecule has 0 atom stereocenters. The molecule has 2 nitrogen and oxygen atoms in total. The molecule has 3 rings (SSSR count). The Kier molecular flexibility index (Phi) is 4.30. The molecule has 108 valence electrons. The number of benzene rings is 3. The van der Waals surface area contributed by atoms with Crippen LogP contribution in [0.1, 0.15) is 15.9 Å². The van der Waals surface area contributed by atoms with Gasteiger partial charge in [0, 0.05) is 12.1 Å². The van der Waals surface area contributed by atoms with Crippen LogP contribution in [0.25, 0.3) is 16.8 Å². The summed E-state index contributed by atoms with van der Waals surface area (Å²) in [5, 5.41) is 5.13. The minimum atomic E-state index is -0.0523. The first-order chi connectivity index (χ1) is 10.8. The fourth-order valence-electron chi connectivity index (χ4n) is 2.34. The zero-order valence-electron chi connectivity index (χ0n) is 12.2. The van der Waals surface area contributed by atoms with Gasteiger partial charge in [0.2, 0.25) is 0 Å². The molecule has 0 spiro atoms. The van der Waals surface area contributed by atoms with Crippen molar-refractivity contribution in [1.82, 2.24) is 5.32 Å². The van der Waals surface area contributed by atoms with Crippen molar-refractivity contribution in [3.63, 3.8) is 0 Å². The maximum Gasteiger partial charge on any atom is 0.251 e. The highest BCUT2D eigenvalue weighted by atomic mass is 16.1. The second-order valence-electron chi connectivity index (χ2n) is 5.09. The molecule has 3 aromatic rings. The molecule has 2 heteroatoms. The van der Waals surface area contributed by atoms with Crippen LogP contribution in [0.4, 0.5) is 0 Å². The quantitative estimate of drug-likeness (QED) is 0.762. The summed E-state index contributed by atoms with van der Waals surface area (Å²) in [6.07, 6.45) is 3.95. The highest BCUT2D eigenvalue weighted by molar-refractivity contribution is 5.98. The van der Waals surface area contributed by atoms with Crippen molar-refractivity contribution < 1.29 is 4.79 Å². The molecule has 0 saturated carbocycles. The number of carbonyl (C=O) groups excluding carboxylic acids is 1. The molecule has 1 amide bonds. The summed E-state index contributed by atoms with van der Waals surface area (Å²) < 4.78 is 0. The number of hydrogen-bond acceptors (Lipinski definition) is 1. The average molecular weight is 287 g/mol. The molecule has 0 radical (unpaired) electrons. The zero-order chi connectivity index (χ0) is 15.2. The molecule has 0 unspecified atom stereocenters. The molecule has 0 aliphatic carbocycles. The van der Waals surface area contributed by atoms with Gasteiger partial charge in [-0.1, -0.05) is 72.8 Å². The summed E-state index contributed by atoms with van der Waals surface area (Å²) in [5.74, 6) is -0.0523. The molecule has 0 aromatic heterocycles. The van der Waals surface area contributed by atoms with Gasteiger partial charge < -0.3 is 5.32 Å². The van der Waals surface area contributed by atoms with Crippen molar-refractivity contribution in [1.29, 1.82) is 0 Å². The van der Waals surface area contributed by atoms with E-state index in [0.717, 1.165) is 16.3 Å². The SMILES string of the molecule is O=C(NCC=Cc1ccccc1)c1ccc2ccccc2c1. The molecule has 0 bridgehead atoms. The third-order valence-electron chi connectivity index (χ3n) is 3.50. The van der Waals surface area contributed by atoms with E-state index in [-0.39, 0.29) is 5.91 Å². The van der Waals surface area contributed by atoms with E-state index in [9.17, 15) is 4.79 Å². The normalized spacial score (nSPS) is 10.9. The van der Waals surface area contributed by atoms with E-state index in [1.165, 1.54) is 0 Å². The second-order valence-corrected chi connectivity index (χ2v) is 5.09. The fourth-order valence-corrected chi connectivity index (χ4v) is 2.34. The predicted octanol–water partition coefficient (Wildman–Crippen LogP) is 4.28. The van der Waals surface area contributed by atoms with Crippen LogP contribution in [0.15, 0.2) is 78.9 Å². The van der Waals surface area contributed by atoms with Crippen LogP contribution in [-0.2, 0) is 0 Å². The molecule has 0 aliphatic rings. The highest BCUT2D eigenvalue weighted by Gasteiger charge is 2.04. The van der Waals surface area contributed by atoms with Gasteiger partial charge >= 0.3 is 0 Å². The van der Waals surface area contributed by atoms with E-state index in [2.05, 4.69) is 5.32 Å². The van der Waals surface area contributed by atoms with E-state index in [1.54, 1.807) is 0 Å². The molecule has 22 heavy (non-hydrogen) atoms. The summed E-state index contributed by atoms with van der Waals surface area (Å²) in [4.78, 5) is 12.2. The summed E-state index contributed by atoms with van der Waals surface area (Å²) in [5.41, 5.74) is 1.81. The van der Waals surface area contributed by atoms with Crippen LogP contribution in [0.5, 0.6) is 0 Å². The van der Waals surface area contributed by atoms with Gasteiger partial charge in [0.05, 0.1) is 0 Å². The minimum Gasteiger partial charge on any atom is -0.349 e. The average Bonchev–Trinajstić information content (AvgIpc) is 2.59. The molecule has 1 N–H and O–H groups in total. The Bertz CT molecular complexity index is 806. The van der Waals surface area contributed by atoms with Crippen molar-refractivity contribution >= 4 is 22.8 Å². The zero-order valence-corrected chi connectivity index (χ0v) is 12.2. The van der Waals surface area contributed by atoms with E-state index in [1.807, 2.05) is 84.9 Å². The lowest BCUT2D eigenvalue weighted by Gasteiger charge is -2.04. The van der Waals surface area contributed by atoms with Gasteiger partial charge in [0.25, 0.3) is 5.91 Å². The number of amides is 1. The molecule has 0 fully saturated rings. The first kappa shape index (κ1) is 14.1. The molecule has 3 aromatic carbocycles. The molecule has 0 saturated heterocycles. The van der Waals surface area contributed by atoms with Crippen LogP contribution < -0.4 is 5.32 Å². The third kappa shape index (κ3) is 3.41. The Balaban J connectivity index is 1.62. The number of fused-ring (bicyclic) bond motifs is 1. The van der Waals surface area contributed by atoms with E-state index in [4.69, 9.17) is 0 Å². The molecule has 0 heterocycles. The summed E-state index contributed by atoms with van der Waals surface area (Å²) in [6.45, 7) is 0.514. The van der Waals surface area contributed by atoms with Crippen molar-refractivity contribution in [2.45, 2.75) is 0 Å². The van der Waals surface area contributed by atoms with Crippen molar-refractivity contribution in [3.8, 4) is 0 Å². The molecule has 0 aliphatic heterocycles. The van der Waals surface area contributed by atoms with Crippen LogP contribution in [0.2, 0.25) is 0 Å². The number of carbonyl (C=O) groups is 1. The number of hydrogen-bond donors (Lipinski definition) is 1. The largest absolute Gasteiger partial charge is 0.349 e. The van der Waals surface area contributed by atoms with Gasteiger partial charge in [0.1, 0.15) is 0 Å².